The Morgan fingerprint density at radius 1 is 1.67 bits per heavy atom. The molecule has 0 spiro atoms. The number of hydrogen-bond acceptors (Lipinski definition) is 4. The summed E-state index contributed by atoms with van der Waals surface area (Å²) in [5.41, 5.74) is 1.07. The number of hydrogen-bond donors (Lipinski definition) is 1. The minimum Gasteiger partial charge on any atom is -0.308 e. The molecule has 0 amide bonds. The van der Waals surface area contributed by atoms with E-state index in [4.69, 9.17) is 0 Å². The van der Waals surface area contributed by atoms with Crippen molar-refractivity contribution in [3.63, 3.8) is 0 Å². The van der Waals surface area contributed by atoms with Crippen molar-refractivity contribution in [2.45, 2.75) is 32.4 Å². The van der Waals surface area contributed by atoms with Crippen molar-refractivity contribution in [3.05, 3.63) is 11.1 Å². The van der Waals surface area contributed by atoms with E-state index >= 15 is 0 Å². The van der Waals surface area contributed by atoms with Crippen LogP contribution in [0.15, 0.2) is 5.38 Å². The summed E-state index contributed by atoms with van der Waals surface area (Å²) in [4.78, 5) is 0. The van der Waals surface area contributed by atoms with Crippen molar-refractivity contribution in [1.82, 2.24) is 14.9 Å². The fourth-order valence-electron chi connectivity index (χ4n) is 1.58. The molecule has 1 fully saturated rings. The van der Waals surface area contributed by atoms with Gasteiger partial charge in [-0.2, -0.15) is 0 Å². The lowest BCUT2D eigenvalue weighted by Crippen LogP contribution is -2.39. The Labute approximate surface area is 76.4 Å². The van der Waals surface area contributed by atoms with E-state index in [2.05, 4.69) is 21.8 Å². The van der Waals surface area contributed by atoms with Crippen molar-refractivity contribution >= 4 is 11.5 Å². The Hall–Kier alpha value is -0.480. The molecule has 0 bridgehead atoms. The smallest absolute Gasteiger partial charge is 0.0893 e. The van der Waals surface area contributed by atoms with Gasteiger partial charge in [-0.1, -0.05) is 11.4 Å². The van der Waals surface area contributed by atoms with E-state index in [0.29, 0.717) is 0 Å². The molecule has 0 aromatic carbocycles. The Bertz CT molecular complexity index is 228. The molecule has 1 aliphatic rings. The highest BCUT2D eigenvalue weighted by atomic mass is 32.1. The number of rotatable bonds is 3. The van der Waals surface area contributed by atoms with Gasteiger partial charge in [0.1, 0.15) is 0 Å². The summed E-state index contributed by atoms with van der Waals surface area (Å²) in [6.45, 7) is 3.18. The minimum absolute atomic E-state index is 0.724. The maximum absolute atomic E-state index is 3.97. The topological polar surface area (TPSA) is 37.8 Å². The van der Waals surface area contributed by atoms with Gasteiger partial charge in [0.05, 0.1) is 5.69 Å². The van der Waals surface area contributed by atoms with Crippen LogP contribution in [0.3, 0.4) is 0 Å². The van der Waals surface area contributed by atoms with Gasteiger partial charge in [0.2, 0.25) is 0 Å². The predicted molar refractivity (Wildman–Crippen MR) is 48.9 cm³/mol. The van der Waals surface area contributed by atoms with Gasteiger partial charge >= 0.3 is 0 Å². The van der Waals surface area contributed by atoms with Gasteiger partial charge in [0.15, 0.2) is 0 Å². The van der Waals surface area contributed by atoms with Crippen LogP contribution in [0, 0.1) is 5.92 Å². The summed E-state index contributed by atoms with van der Waals surface area (Å²) in [7, 11) is 0. The van der Waals surface area contributed by atoms with Crippen molar-refractivity contribution < 1.29 is 0 Å². The molecule has 1 aromatic heterocycles. The number of aromatic nitrogens is 2. The Morgan fingerprint density at radius 2 is 2.50 bits per heavy atom. The summed E-state index contributed by atoms with van der Waals surface area (Å²) in [6, 6.07) is 0.724. The van der Waals surface area contributed by atoms with Gasteiger partial charge < -0.3 is 5.32 Å². The maximum atomic E-state index is 3.97. The van der Waals surface area contributed by atoms with E-state index < -0.39 is 0 Å². The van der Waals surface area contributed by atoms with Crippen LogP contribution >= 0.6 is 11.5 Å². The molecular weight excluding hydrogens is 170 g/mol. The molecule has 0 saturated heterocycles. The molecule has 0 atom stereocenters. The molecule has 66 valence electrons. The fraction of sp³-hybridized carbons (Fsp3) is 0.750. The monoisotopic (exact) mass is 183 g/mol. The molecule has 1 aliphatic carbocycles. The highest BCUT2D eigenvalue weighted by Gasteiger charge is 2.24. The molecule has 0 aliphatic heterocycles. The second-order valence-electron chi connectivity index (χ2n) is 3.55. The Kier molecular flexibility index (Phi) is 2.37. The molecule has 1 heterocycles. The molecule has 1 N–H and O–H groups in total. The SMILES string of the molecule is CC1CC(NCc2csnn2)C1. The summed E-state index contributed by atoms with van der Waals surface area (Å²) >= 11 is 1.42. The molecular formula is C8H13N3S. The maximum Gasteiger partial charge on any atom is 0.0893 e. The lowest BCUT2D eigenvalue weighted by molar-refractivity contribution is 0.239. The lowest BCUT2D eigenvalue weighted by atomic mass is 9.82. The average Bonchev–Trinajstić information content (AvgIpc) is 2.47. The largest absolute Gasteiger partial charge is 0.308 e. The van der Waals surface area contributed by atoms with E-state index in [9.17, 15) is 0 Å². The summed E-state index contributed by atoms with van der Waals surface area (Å²) in [5, 5.41) is 9.42. The molecule has 1 saturated carbocycles. The van der Waals surface area contributed by atoms with Crippen molar-refractivity contribution in [2.75, 3.05) is 0 Å². The zero-order chi connectivity index (χ0) is 8.39. The van der Waals surface area contributed by atoms with Crippen LogP contribution in [0.1, 0.15) is 25.5 Å². The van der Waals surface area contributed by atoms with Crippen LogP contribution < -0.4 is 5.32 Å². The van der Waals surface area contributed by atoms with Gasteiger partial charge in [-0.15, -0.1) is 5.10 Å². The second kappa shape index (κ2) is 3.49. The summed E-state index contributed by atoms with van der Waals surface area (Å²) in [5.74, 6) is 0.913. The molecule has 0 unspecified atom stereocenters. The summed E-state index contributed by atoms with van der Waals surface area (Å²) < 4.78 is 3.81. The van der Waals surface area contributed by atoms with Crippen molar-refractivity contribution in [2.24, 2.45) is 5.92 Å². The van der Waals surface area contributed by atoms with Gasteiger partial charge in [-0.3, -0.25) is 0 Å². The van der Waals surface area contributed by atoms with E-state index in [-0.39, 0.29) is 0 Å². The zero-order valence-corrected chi connectivity index (χ0v) is 7.97. The minimum atomic E-state index is 0.724. The normalized spacial score (nSPS) is 28.4. The molecule has 12 heavy (non-hydrogen) atoms. The second-order valence-corrected chi connectivity index (χ2v) is 4.16. The number of nitrogens with one attached hydrogen (secondary N) is 1. The third kappa shape index (κ3) is 1.81. The van der Waals surface area contributed by atoms with Crippen LogP contribution in [-0.4, -0.2) is 15.6 Å². The molecule has 2 rings (SSSR count). The van der Waals surface area contributed by atoms with Crippen LogP contribution in [0.5, 0.6) is 0 Å². The van der Waals surface area contributed by atoms with E-state index in [1.165, 1.54) is 24.4 Å². The van der Waals surface area contributed by atoms with E-state index in [0.717, 1.165) is 24.2 Å². The standard InChI is InChI=1S/C8H13N3S/c1-6-2-7(3-6)9-4-8-5-12-11-10-8/h5-7,9H,2-4H2,1H3. The van der Waals surface area contributed by atoms with Crippen LogP contribution in [0.2, 0.25) is 0 Å². The van der Waals surface area contributed by atoms with E-state index in [1.54, 1.807) is 0 Å². The van der Waals surface area contributed by atoms with Crippen molar-refractivity contribution in [1.29, 1.82) is 0 Å². The predicted octanol–water partition coefficient (Wildman–Crippen LogP) is 1.43. The van der Waals surface area contributed by atoms with E-state index in [1.807, 2.05) is 5.38 Å². The molecule has 0 radical (unpaired) electrons. The lowest BCUT2D eigenvalue weighted by Gasteiger charge is -2.33. The fourth-order valence-corrected chi connectivity index (χ4v) is 2.03. The van der Waals surface area contributed by atoms with Gasteiger partial charge in [0, 0.05) is 18.0 Å². The van der Waals surface area contributed by atoms with Crippen LogP contribution in [0.25, 0.3) is 0 Å². The first-order valence-corrected chi connectivity index (χ1v) is 5.17. The molecule has 1 aromatic rings. The first-order chi connectivity index (χ1) is 5.84. The van der Waals surface area contributed by atoms with Crippen molar-refractivity contribution in [3.8, 4) is 0 Å². The third-order valence-electron chi connectivity index (χ3n) is 2.35. The van der Waals surface area contributed by atoms with Gasteiger partial charge in [-0.25, -0.2) is 0 Å². The average molecular weight is 183 g/mol. The van der Waals surface area contributed by atoms with Gasteiger partial charge in [-0.05, 0) is 30.3 Å². The Morgan fingerprint density at radius 3 is 3.08 bits per heavy atom. The van der Waals surface area contributed by atoms with Crippen LogP contribution in [-0.2, 0) is 6.54 Å². The highest BCUT2D eigenvalue weighted by Crippen LogP contribution is 2.26. The highest BCUT2D eigenvalue weighted by molar-refractivity contribution is 7.03. The van der Waals surface area contributed by atoms with Crippen LogP contribution in [0.4, 0.5) is 0 Å². The third-order valence-corrected chi connectivity index (χ3v) is 2.90. The number of nitrogens with zero attached hydrogens (tertiary/aromatic N) is 2. The Balaban J connectivity index is 1.70. The molecule has 4 heteroatoms. The quantitative estimate of drug-likeness (QED) is 0.770. The molecule has 3 nitrogen and oxygen atoms in total. The first kappa shape index (κ1) is 8.13. The van der Waals surface area contributed by atoms with Gasteiger partial charge in [0.25, 0.3) is 0 Å². The summed E-state index contributed by atoms with van der Waals surface area (Å²) in [6.07, 6.45) is 2.63. The zero-order valence-electron chi connectivity index (χ0n) is 7.16. The first-order valence-electron chi connectivity index (χ1n) is 4.34.